The van der Waals surface area contributed by atoms with Crippen molar-refractivity contribution in [3.8, 4) is 22.4 Å². The fraction of sp³-hybridized carbons (Fsp3) is 0.214. The molecule has 5 rings (SSSR count). The molecular formula is C28H27N2O+. The SMILES string of the molecule is [2H]C([2H])([2H])C(C)(c1ccc2c(n1)oc1c(-c3cc(-c4ccccc4)cc[n+]3C)c(C)ccc12)C([2H])([2H])[2H]. The number of aryl methyl sites for hydroxylation is 2. The van der Waals surface area contributed by atoms with E-state index in [1.165, 1.54) is 13.0 Å². The molecule has 0 atom stereocenters. The number of pyridine rings is 2. The number of aromatic nitrogens is 2. The van der Waals surface area contributed by atoms with E-state index in [9.17, 15) is 0 Å². The Morgan fingerprint density at radius 3 is 2.48 bits per heavy atom. The zero-order chi connectivity index (χ0) is 26.8. The molecule has 3 heterocycles. The summed E-state index contributed by atoms with van der Waals surface area (Å²) < 4.78 is 56.2. The van der Waals surface area contributed by atoms with Gasteiger partial charge in [-0.05, 0) is 35.7 Å². The lowest BCUT2D eigenvalue weighted by Crippen LogP contribution is -2.30. The van der Waals surface area contributed by atoms with E-state index >= 15 is 0 Å². The Morgan fingerprint density at radius 1 is 0.935 bits per heavy atom. The van der Waals surface area contributed by atoms with Crippen LogP contribution in [0.25, 0.3) is 44.5 Å². The van der Waals surface area contributed by atoms with Gasteiger partial charge in [0.05, 0.1) is 5.56 Å². The predicted molar refractivity (Wildman–Crippen MR) is 127 cm³/mol. The van der Waals surface area contributed by atoms with Crippen LogP contribution in [0, 0.1) is 6.92 Å². The Balaban J connectivity index is 1.75. The smallest absolute Gasteiger partial charge is 0.227 e. The average molecular weight is 414 g/mol. The molecule has 5 aromatic rings. The molecule has 0 saturated heterocycles. The van der Waals surface area contributed by atoms with Gasteiger partial charge in [-0.3, -0.25) is 0 Å². The number of hydrogen-bond acceptors (Lipinski definition) is 2. The summed E-state index contributed by atoms with van der Waals surface area (Å²) in [6.07, 6.45) is 2.01. The van der Waals surface area contributed by atoms with Crippen LogP contribution in [0.5, 0.6) is 0 Å². The highest BCUT2D eigenvalue weighted by Gasteiger charge is 2.23. The summed E-state index contributed by atoms with van der Waals surface area (Å²) >= 11 is 0. The second-order valence-electron chi connectivity index (χ2n) is 8.19. The maximum Gasteiger partial charge on any atom is 0.227 e. The standard InChI is InChI=1S/C28H27N2O/c1-18-11-12-21-22-13-14-24(28(2,3)4)29-27(22)31-26(21)25(18)23-17-20(15-16-30(23)5)19-9-7-6-8-10-19/h6-17H,1-5H3/q+1/i2D3,3D3. The average Bonchev–Trinajstić information content (AvgIpc) is 3.21. The molecule has 0 amide bonds. The normalized spacial score (nSPS) is 15.7. The maximum atomic E-state index is 7.98. The molecule has 0 N–H and O–H groups in total. The van der Waals surface area contributed by atoms with Crippen molar-refractivity contribution in [1.82, 2.24) is 4.98 Å². The van der Waals surface area contributed by atoms with Crippen molar-refractivity contribution in [3.05, 3.63) is 84.2 Å². The minimum atomic E-state index is -2.79. The van der Waals surface area contributed by atoms with E-state index in [0.717, 1.165) is 33.3 Å². The molecule has 0 saturated carbocycles. The first-order valence-corrected chi connectivity index (χ1v) is 10.2. The summed E-state index contributed by atoms with van der Waals surface area (Å²) in [5, 5.41) is 1.52. The summed E-state index contributed by atoms with van der Waals surface area (Å²) in [4.78, 5) is 4.48. The monoisotopic (exact) mass is 413 g/mol. The highest BCUT2D eigenvalue weighted by atomic mass is 16.3. The molecule has 3 nitrogen and oxygen atoms in total. The molecule has 0 spiro atoms. The number of furan rings is 1. The molecule has 0 radical (unpaired) electrons. The van der Waals surface area contributed by atoms with Gasteiger partial charge >= 0.3 is 0 Å². The molecule has 3 aromatic heterocycles. The quantitative estimate of drug-likeness (QED) is 0.300. The van der Waals surface area contributed by atoms with Gasteiger partial charge in [-0.25, -0.2) is 9.55 Å². The molecule has 0 unspecified atom stereocenters. The van der Waals surface area contributed by atoms with E-state index in [0.29, 0.717) is 11.0 Å². The van der Waals surface area contributed by atoms with Gasteiger partial charge < -0.3 is 4.42 Å². The van der Waals surface area contributed by atoms with Gasteiger partial charge in [0.1, 0.15) is 7.05 Å². The summed E-state index contributed by atoms with van der Waals surface area (Å²) in [6, 6.07) is 21.5. The summed E-state index contributed by atoms with van der Waals surface area (Å²) in [5.41, 5.74) is 3.63. The van der Waals surface area contributed by atoms with E-state index in [1.54, 1.807) is 6.07 Å². The van der Waals surface area contributed by atoms with Crippen molar-refractivity contribution < 1.29 is 17.2 Å². The van der Waals surface area contributed by atoms with Crippen molar-refractivity contribution >= 4 is 22.1 Å². The minimum Gasteiger partial charge on any atom is -0.437 e. The summed E-state index contributed by atoms with van der Waals surface area (Å²) in [7, 11) is 1.97. The van der Waals surface area contributed by atoms with Crippen LogP contribution in [0.3, 0.4) is 0 Å². The third-order valence-electron chi connectivity index (χ3n) is 5.74. The molecule has 31 heavy (non-hydrogen) atoms. The van der Waals surface area contributed by atoms with Crippen molar-refractivity contribution in [2.24, 2.45) is 7.05 Å². The second-order valence-corrected chi connectivity index (χ2v) is 8.19. The van der Waals surface area contributed by atoms with Gasteiger partial charge in [-0.2, -0.15) is 0 Å². The van der Waals surface area contributed by atoms with E-state index in [1.807, 2.05) is 55.1 Å². The molecule has 0 aliphatic heterocycles. The van der Waals surface area contributed by atoms with Crippen LogP contribution < -0.4 is 4.57 Å². The van der Waals surface area contributed by atoms with Gasteiger partial charge in [0.25, 0.3) is 0 Å². The van der Waals surface area contributed by atoms with Crippen molar-refractivity contribution in [2.45, 2.75) is 33.0 Å². The first-order valence-electron chi connectivity index (χ1n) is 13.2. The molecule has 2 aromatic carbocycles. The molecule has 154 valence electrons. The first-order chi connectivity index (χ1) is 17.3. The fourth-order valence-corrected chi connectivity index (χ4v) is 4.04. The zero-order valence-electron chi connectivity index (χ0n) is 23.7. The Hall–Kier alpha value is -3.46. The zero-order valence-corrected chi connectivity index (χ0v) is 17.7. The number of rotatable bonds is 2. The topological polar surface area (TPSA) is 29.9 Å². The highest BCUT2D eigenvalue weighted by Crippen LogP contribution is 2.38. The maximum absolute atomic E-state index is 7.98. The lowest BCUT2D eigenvalue weighted by molar-refractivity contribution is -0.660. The van der Waals surface area contributed by atoms with Crippen LogP contribution in [-0.4, -0.2) is 4.98 Å². The van der Waals surface area contributed by atoms with E-state index in [-0.39, 0.29) is 11.4 Å². The summed E-state index contributed by atoms with van der Waals surface area (Å²) in [6.45, 7) is -2.36. The molecule has 0 aliphatic rings. The first kappa shape index (κ1) is 13.8. The predicted octanol–water partition coefficient (Wildman–Crippen LogP) is 6.75. The van der Waals surface area contributed by atoms with Crippen LogP contribution in [0.4, 0.5) is 0 Å². The van der Waals surface area contributed by atoms with E-state index in [4.69, 9.17) is 12.6 Å². The van der Waals surface area contributed by atoms with Crippen molar-refractivity contribution in [2.75, 3.05) is 0 Å². The van der Waals surface area contributed by atoms with Crippen LogP contribution in [-0.2, 0) is 12.5 Å². The van der Waals surface area contributed by atoms with Crippen LogP contribution in [0.15, 0.2) is 77.3 Å². The fourth-order valence-electron chi connectivity index (χ4n) is 4.04. The van der Waals surface area contributed by atoms with E-state index in [2.05, 4.69) is 29.2 Å². The Bertz CT molecular complexity index is 1620. The van der Waals surface area contributed by atoms with Gasteiger partial charge in [0, 0.05) is 42.2 Å². The highest BCUT2D eigenvalue weighted by molar-refractivity contribution is 6.08. The molecule has 0 fully saturated rings. The Labute approximate surface area is 191 Å². The third kappa shape index (κ3) is 3.31. The minimum absolute atomic E-state index is 0.0473. The van der Waals surface area contributed by atoms with Crippen LogP contribution in [0.1, 0.15) is 40.1 Å². The second kappa shape index (κ2) is 7.05. The number of fused-ring (bicyclic) bond motifs is 3. The lowest BCUT2D eigenvalue weighted by atomic mass is 9.91. The Morgan fingerprint density at radius 2 is 1.71 bits per heavy atom. The lowest BCUT2D eigenvalue weighted by Gasteiger charge is -2.16. The summed E-state index contributed by atoms with van der Waals surface area (Å²) in [5.74, 6) is 0. The van der Waals surface area contributed by atoms with Crippen LogP contribution >= 0.6 is 0 Å². The third-order valence-corrected chi connectivity index (χ3v) is 5.74. The van der Waals surface area contributed by atoms with Crippen LogP contribution in [0.2, 0.25) is 0 Å². The largest absolute Gasteiger partial charge is 0.437 e. The number of hydrogen-bond donors (Lipinski definition) is 0. The molecule has 3 heteroatoms. The number of benzene rings is 2. The molecule has 0 aliphatic carbocycles. The van der Waals surface area contributed by atoms with Crippen molar-refractivity contribution in [3.63, 3.8) is 0 Å². The van der Waals surface area contributed by atoms with E-state index < -0.39 is 19.1 Å². The molecule has 0 bridgehead atoms. The Kier molecular flexibility index (Phi) is 3.13. The van der Waals surface area contributed by atoms with Gasteiger partial charge in [0.2, 0.25) is 11.4 Å². The van der Waals surface area contributed by atoms with Crippen molar-refractivity contribution in [1.29, 1.82) is 0 Å². The molecular weight excluding hydrogens is 380 g/mol. The van der Waals surface area contributed by atoms with Gasteiger partial charge in [-0.1, -0.05) is 63.1 Å². The van der Waals surface area contributed by atoms with Gasteiger partial charge in [-0.15, -0.1) is 0 Å². The van der Waals surface area contributed by atoms with Gasteiger partial charge in [0.15, 0.2) is 11.8 Å². The number of nitrogens with zero attached hydrogens (tertiary/aromatic N) is 2.